The third-order valence-corrected chi connectivity index (χ3v) is 5.37. The average Bonchev–Trinajstić information content (AvgIpc) is 3.24. The van der Waals surface area contributed by atoms with Crippen LogP contribution < -0.4 is 9.47 Å². The van der Waals surface area contributed by atoms with Crippen LogP contribution in [0.25, 0.3) is 0 Å². The molecule has 2 fully saturated rings. The number of amides is 2. The molecule has 1 heterocycles. The number of hydrogen-bond acceptors (Lipinski definition) is 4. The molecule has 2 aliphatic carbocycles. The summed E-state index contributed by atoms with van der Waals surface area (Å²) < 4.78 is 10.7. The largest absolute Gasteiger partial charge is 0.493 e. The summed E-state index contributed by atoms with van der Waals surface area (Å²) in [6.45, 7) is 0.241. The molecule has 23 heavy (non-hydrogen) atoms. The summed E-state index contributed by atoms with van der Waals surface area (Å²) in [5.41, 5.74) is 0.786. The maximum Gasteiger partial charge on any atom is 0.234 e. The molecule has 0 aromatic heterocycles. The minimum absolute atomic E-state index is 0.0401. The van der Waals surface area contributed by atoms with Crippen LogP contribution in [-0.4, -0.2) is 30.9 Å². The second-order valence-electron chi connectivity index (χ2n) is 6.42. The molecule has 0 unspecified atom stereocenters. The molecule has 0 N–H and O–H groups in total. The van der Waals surface area contributed by atoms with E-state index < -0.39 is 0 Å². The minimum atomic E-state index is -0.158. The van der Waals surface area contributed by atoms with E-state index in [9.17, 15) is 9.59 Å². The monoisotopic (exact) mass is 313 g/mol. The SMILES string of the molecule is COc1cccc(CN2C(=O)[C@H]3[C@H](C2=O)[C@H]2C=C[C@H]3C2)c1OC. The van der Waals surface area contributed by atoms with Crippen LogP contribution >= 0.6 is 0 Å². The number of carbonyl (C=O) groups is 2. The Kier molecular flexibility index (Phi) is 3.18. The minimum Gasteiger partial charge on any atom is -0.493 e. The van der Waals surface area contributed by atoms with E-state index in [0.29, 0.717) is 11.5 Å². The molecule has 120 valence electrons. The summed E-state index contributed by atoms with van der Waals surface area (Å²) in [6.07, 6.45) is 5.16. The fraction of sp³-hybridized carbons (Fsp3) is 0.444. The van der Waals surface area contributed by atoms with Crippen LogP contribution in [0, 0.1) is 23.7 Å². The first kappa shape index (κ1) is 14.3. The van der Waals surface area contributed by atoms with E-state index in [4.69, 9.17) is 9.47 Å². The van der Waals surface area contributed by atoms with Gasteiger partial charge in [-0.25, -0.2) is 0 Å². The fourth-order valence-corrected chi connectivity index (χ4v) is 4.37. The molecule has 2 amide bonds. The van der Waals surface area contributed by atoms with E-state index in [0.717, 1.165) is 12.0 Å². The summed E-state index contributed by atoms with van der Waals surface area (Å²) in [5.74, 6) is 1.25. The molecule has 1 saturated carbocycles. The van der Waals surface area contributed by atoms with Crippen molar-refractivity contribution in [2.75, 3.05) is 14.2 Å². The number of rotatable bonds is 4. The molecule has 1 aromatic rings. The first-order chi connectivity index (χ1) is 11.2. The van der Waals surface area contributed by atoms with Gasteiger partial charge in [0.1, 0.15) is 0 Å². The first-order valence-corrected chi connectivity index (χ1v) is 7.89. The highest BCUT2D eigenvalue weighted by Crippen LogP contribution is 2.52. The molecule has 1 aliphatic heterocycles. The van der Waals surface area contributed by atoms with Gasteiger partial charge in [0.05, 0.1) is 32.6 Å². The Bertz CT molecular complexity index is 681. The van der Waals surface area contributed by atoms with E-state index in [1.165, 1.54) is 4.90 Å². The molecule has 1 aromatic carbocycles. The number of hydrogen-bond donors (Lipinski definition) is 0. The standard InChI is InChI=1S/C18H19NO4/c1-22-13-5-3-4-12(16(13)23-2)9-19-17(20)14-10-6-7-11(8-10)15(14)18(19)21/h3-7,10-11,14-15H,8-9H2,1-2H3/t10-,11-,14+,15+/m0/s1. The molecule has 2 bridgehead atoms. The Labute approximate surface area is 134 Å². The number of carbonyl (C=O) groups excluding carboxylic acids is 2. The van der Waals surface area contributed by atoms with Gasteiger partial charge in [-0.05, 0) is 24.3 Å². The molecule has 0 spiro atoms. The van der Waals surface area contributed by atoms with Gasteiger partial charge in [0.2, 0.25) is 11.8 Å². The zero-order valence-electron chi connectivity index (χ0n) is 13.2. The summed E-state index contributed by atoms with van der Waals surface area (Å²) in [7, 11) is 3.13. The van der Waals surface area contributed by atoms with Crippen molar-refractivity contribution in [2.24, 2.45) is 23.7 Å². The van der Waals surface area contributed by atoms with E-state index >= 15 is 0 Å². The van der Waals surface area contributed by atoms with Crippen molar-refractivity contribution in [1.82, 2.24) is 4.90 Å². The molecule has 5 heteroatoms. The summed E-state index contributed by atoms with van der Waals surface area (Å²) in [4.78, 5) is 26.9. The molecule has 4 rings (SSSR count). The average molecular weight is 313 g/mol. The second-order valence-corrected chi connectivity index (χ2v) is 6.42. The number of likely N-dealkylation sites (tertiary alicyclic amines) is 1. The predicted molar refractivity (Wildman–Crippen MR) is 82.8 cm³/mol. The number of fused-ring (bicyclic) bond motifs is 5. The van der Waals surface area contributed by atoms with Crippen molar-refractivity contribution in [1.29, 1.82) is 0 Å². The number of allylic oxidation sites excluding steroid dienone is 2. The molecule has 5 nitrogen and oxygen atoms in total. The van der Waals surface area contributed by atoms with Crippen molar-refractivity contribution in [3.8, 4) is 11.5 Å². The van der Waals surface area contributed by atoms with Crippen LogP contribution in [0.5, 0.6) is 11.5 Å². The lowest BCUT2D eigenvalue weighted by Gasteiger charge is -2.19. The Morgan fingerprint density at radius 3 is 2.26 bits per heavy atom. The summed E-state index contributed by atoms with van der Waals surface area (Å²) in [6, 6.07) is 5.51. The Balaban J connectivity index is 1.64. The quantitative estimate of drug-likeness (QED) is 0.630. The summed E-state index contributed by atoms with van der Waals surface area (Å²) in [5, 5.41) is 0. The maximum atomic E-state index is 12.7. The molecule has 0 radical (unpaired) electrons. The third kappa shape index (κ3) is 1.92. The smallest absolute Gasteiger partial charge is 0.234 e. The molecular formula is C18H19NO4. The highest BCUT2D eigenvalue weighted by molar-refractivity contribution is 6.06. The number of para-hydroxylation sites is 1. The molecular weight excluding hydrogens is 294 g/mol. The first-order valence-electron chi connectivity index (χ1n) is 7.89. The van der Waals surface area contributed by atoms with Crippen molar-refractivity contribution >= 4 is 11.8 Å². The van der Waals surface area contributed by atoms with Gasteiger partial charge in [-0.15, -0.1) is 0 Å². The zero-order valence-corrected chi connectivity index (χ0v) is 13.2. The Hall–Kier alpha value is -2.30. The number of imide groups is 1. The lowest BCUT2D eigenvalue weighted by atomic mass is 9.85. The van der Waals surface area contributed by atoms with Crippen LogP contribution in [0.4, 0.5) is 0 Å². The van der Waals surface area contributed by atoms with E-state index in [1.54, 1.807) is 20.3 Å². The topological polar surface area (TPSA) is 55.8 Å². The maximum absolute atomic E-state index is 12.7. The van der Waals surface area contributed by atoms with Crippen LogP contribution in [0.1, 0.15) is 12.0 Å². The van der Waals surface area contributed by atoms with Crippen molar-refractivity contribution in [3.05, 3.63) is 35.9 Å². The number of methoxy groups -OCH3 is 2. The molecule has 3 aliphatic rings. The van der Waals surface area contributed by atoms with Gasteiger partial charge in [0.15, 0.2) is 11.5 Å². The number of benzene rings is 1. The second kappa shape index (κ2) is 5.11. The summed E-state index contributed by atoms with van der Waals surface area (Å²) >= 11 is 0. The third-order valence-electron chi connectivity index (χ3n) is 5.37. The highest BCUT2D eigenvalue weighted by atomic mass is 16.5. The lowest BCUT2D eigenvalue weighted by molar-refractivity contribution is -0.141. The number of ether oxygens (including phenoxy) is 2. The van der Waals surface area contributed by atoms with E-state index in [1.807, 2.05) is 12.1 Å². The van der Waals surface area contributed by atoms with Crippen molar-refractivity contribution in [2.45, 2.75) is 13.0 Å². The van der Waals surface area contributed by atoms with Crippen molar-refractivity contribution in [3.63, 3.8) is 0 Å². The number of nitrogens with zero attached hydrogens (tertiary/aromatic N) is 1. The van der Waals surface area contributed by atoms with Gasteiger partial charge < -0.3 is 9.47 Å². The highest BCUT2D eigenvalue weighted by Gasteiger charge is 2.59. The fourth-order valence-electron chi connectivity index (χ4n) is 4.37. The van der Waals surface area contributed by atoms with Gasteiger partial charge in [-0.3, -0.25) is 14.5 Å². The van der Waals surface area contributed by atoms with Gasteiger partial charge in [-0.2, -0.15) is 0 Å². The van der Waals surface area contributed by atoms with Crippen molar-refractivity contribution < 1.29 is 19.1 Å². The normalized spacial score (nSPS) is 31.0. The van der Waals surface area contributed by atoms with Crippen LogP contribution in [0.3, 0.4) is 0 Å². The van der Waals surface area contributed by atoms with Gasteiger partial charge in [0, 0.05) is 5.56 Å². The van der Waals surface area contributed by atoms with Crippen LogP contribution in [0.2, 0.25) is 0 Å². The Morgan fingerprint density at radius 2 is 1.70 bits per heavy atom. The Morgan fingerprint density at radius 1 is 1.04 bits per heavy atom. The van der Waals surface area contributed by atoms with Gasteiger partial charge in [-0.1, -0.05) is 24.3 Å². The van der Waals surface area contributed by atoms with E-state index in [-0.39, 0.29) is 42.0 Å². The predicted octanol–water partition coefficient (Wildman–Crippen LogP) is 2.01. The van der Waals surface area contributed by atoms with Gasteiger partial charge in [0.25, 0.3) is 0 Å². The van der Waals surface area contributed by atoms with Gasteiger partial charge >= 0.3 is 0 Å². The molecule has 1 saturated heterocycles. The lowest BCUT2D eigenvalue weighted by Crippen LogP contribution is -2.32. The van der Waals surface area contributed by atoms with Crippen LogP contribution in [-0.2, 0) is 16.1 Å². The zero-order chi connectivity index (χ0) is 16.1. The van der Waals surface area contributed by atoms with Crippen LogP contribution in [0.15, 0.2) is 30.4 Å². The van der Waals surface area contributed by atoms with E-state index in [2.05, 4.69) is 12.2 Å². The molecule has 4 atom stereocenters.